The van der Waals surface area contributed by atoms with E-state index in [2.05, 4.69) is 29.0 Å². The van der Waals surface area contributed by atoms with Gasteiger partial charge in [-0.3, -0.25) is 9.69 Å². The van der Waals surface area contributed by atoms with Gasteiger partial charge in [-0.1, -0.05) is 19.9 Å². The first kappa shape index (κ1) is 19.7. The van der Waals surface area contributed by atoms with Crippen molar-refractivity contribution in [2.75, 3.05) is 32.8 Å². The zero-order valence-electron chi connectivity index (χ0n) is 17.0. The van der Waals surface area contributed by atoms with Gasteiger partial charge in [0.1, 0.15) is 11.6 Å². The maximum Gasteiger partial charge on any atom is 0.272 e. The number of amides is 1. The van der Waals surface area contributed by atoms with Gasteiger partial charge >= 0.3 is 0 Å². The van der Waals surface area contributed by atoms with Gasteiger partial charge in [0.05, 0.1) is 31.0 Å². The molecule has 0 bridgehead atoms. The van der Waals surface area contributed by atoms with Crippen molar-refractivity contribution in [3.63, 3.8) is 0 Å². The molecule has 0 saturated carbocycles. The third-order valence-corrected chi connectivity index (χ3v) is 5.24. The van der Waals surface area contributed by atoms with E-state index in [4.69, 9.17) is 9.15 Å². The van der Waals surface area contributed by atoms with E-state index in [9.17, 15) is 4.79 Å². The number of furan rings is 1. The molecule has 7 nitrogen and oxygen atoms in total. The molecule has 0 aliphatic carbocycles. The number of nitrogens with zero attached hydrogens (tertiary/aromatic N) is 3. The predicted molar refractivity (Wildman–Crippen MR) is 110 cm³/mol. The molecular formula is C22H28N4O3. The molecule has 4 rings (SSSR count). The Morgan fingerprint density at radius 2 is 2.03 bits per heavy atom. The summed E-state index contributed by atoms with van der Waals surface area (Å²) in [5.41, 5.74) is 1.31. The Balaban J connectivity index is 1.54. The van der Waals surface area contributed by atoms with Gasteiger partial charge in [0.15, 0.2) is 5.69 Å². The molecular weight excluding hydrogens is 368 g/mol. The fraction of sp³-hybridized carbons (Fsp3) is 0.455. The first-order valence-electron chi connectivity index (χ1n) is 10.2. The third kappa shape index (κ3) is 4.36. The molecule has 1 fully saturated rings. The summed E-state index contributed by atoms with van der Waals surface area (Å²) in [7, 11) is 0. The summed E-state index contributed by atoms with van der Waals surface area (Å²) in [6, 6.07) is 9.65. The topological polar surface area (TPSA) is 72.0 Å². The van der Waals surface area contributed by atoms with E-state index in [1.165, 1.54) is 0 Å². The van der Waals surface area contributed by atoms with Crippen LogP contribution in [0.2, 0.25) is 0 Å². The number of carbonyl (C=O) groups excluding carboxylic acids is 1. The van der Waals surface area contributed by atoms with Crippen molar-refractivity contribution >= 4 is 11.4 Å². The number of hydrogen-bond donors (Lipinski definition) is 1. The molecule has 0 aromatic carbocycles. The molecule has 29 heavy (non-hydrogen) atoms. The molecule has 7 heteroatoms. The molecule has 1 unspecified atom stereocenters. The molecule has 1 atom stereocenters. The van der Waals surface area contributed by atoms with Crippen molar-refractivity contribution in [2.24, 2.45) is 5.92 Å². The molecule has 4 heterocycles. The van der Waals surface area contributed by atoms with E-state index in [0.29, 0.717) is 31.4 Å². The van der Waals surface area contributed by atoms with Crippen LogP contribution in [0.3, 0.4) is 0 Å². The van der Waals surface area contributed by atoms with Crippen molar-refractivity contribution in [1.29, 1.82) is 0 Å². The van der Waals surface area contributed by atoms with E-state index in [1.54, 1.807) is 6.26 Å². The number of fused-ring (bicyclic) bond motifs is 1. The highest BCUT2D eigenvalue weighted by atomic mass is 16.5. The highest BCUT2D eigenvalue weighted by Gasteiger charge is 2.26. The lowest BCUT2D eigenvalue weighted by Gasteiger charge is -2.33. The molecule has 1 aliphatic heterocycles. The summed E-state index contributed by atoms with van der Waals surface area (Å²) < 4.78 is 13.1. The third-order valence-electron chi connectivity index (χ3n) is 5.24. The molecule has 1 amide bonds. The summed E-state index contributed by atoms with van der Waals surface area (Å²) in [4.78, 5) is 20.0. The highest BCUT2D eigenvalue weighted by molar-refractivity contribution is 5.99. The van der Waals surface area contributed by atoms with Gasteiger partial charge in [0.25, 0.3) is 5.91 Å². The molecule has 3 aromatic rings. The van der Waals surface area contributed by atoms with Crippen LogP contribution in [0.15, 0.2) is 47.2 Å². The van der Waals surface area contributed by atoms with Crippen LogP contribution in [0, 0.1) is 5.92 Å². The van der Waals surface area contributed by atoms with Crippen LogP contribution in [-0.2, 0) is 11.2 Å². The van der Waals surface area contributed by atoms with Crippen molar-refractivity contribution in [1.82, 2.24) is 19.6 Å². The zero-order chi connectivity index (χ0) is 20.2. The van der Waals surface area contributed by atoms with Crippen LogP contribution in [0.1, 0.15) is 42.0 Å². The van der Waals surface area contributed by atoms with Gasteiger partial charge in [-0.05, 0) is 30.2 Å². The number of ether oxygens (including phenoxy) is 1. The summed E-state index contributed by atoms with van der Waals surface area (Å²) in [6.45, 7) is 7.77. The second-order valence-corrected chi connectivity index (χ2v) is 7.82. The van der Waals surface area contributed by atoms with Gasteiger partial charge in [0, 0.05) is 32.3 Å². The van der Waals surface area contributed by atoms with Crippen molar-refractivity contribution in [3.05, 3.63) is 60.1 Å². The lowest BCUT2D eigenvalue weighted by atomic mass is 10.1. The molecule has 0 radical (unpaired) electrons. The molecule has 3 aromatic heterocycles. The largest absolute Gasteiger partial charge is 0.468 e. The second-order valence-electron chi connectivity index (χ2n) is 7.82. The normalized spacial score (nSPS) is 16.4. The maximum atomic E-state index is 13.1. The summed E-state index contributed by atoms with van der Waals surface area (Å²) >= 11 is 0. The monoisotopic (exact) mass is 396 g/mol. The lowest BCUT2D eigenvalue weighted by Crippen LogP contribution is -2.43. The zero-order valence-corrected chi connectivity index (χ0v) is 17.0. The minimum absolute atomic E-state index is 0.0261. The average Bonchev–Trinajstić information content (AvgIpc) is 3.38. The smallest absolute Gasteiger partial charge is 0.272 e. The number of nitrogens with one attached hydrogen (secondary N) is 1. The van der Waals surface area contributed by atoms with E-state index < -0.39 is 0 Å². The van der Waals surface area contributed by atoms with Crippen LogP contribution >= 0.6 is 0 Å². The van der Waals surface area contributed by atoms with E-state index in [-0.39, 0.29) is 11.9 Å². The fourth-order valence-electron chi connectivity index (χ4n) is 3.83. The van der Waals surface area contributed by atoms with Crippen molar-refractivity contribution in [3.8, 4) is 0 Å². The van der Waals surface area contributed by atoms with Gasteiger partial charge < -0.3 is 18.9 Å². The quantitative estimate of drug-likeness (QED) is 0.665. The standard InChI is InChI=1S/C22H28N4O3/c1-16(2)14-20-24-21(17-6-3-4-8-26(17)20)22(27)23-15-18(19-7-5-11-29-19)25-9-12-28-13-10-25/h3-8,11,16,18H,9-10,12-15H2,1-2H3,(H,23,27). The minimum atomic E-state index is -0.159. The number of hydrogen-bond acceptors (Lipinski definition) is 5. The Morgan fingerprint density at radius 3 is 2.76 bits per heavy atom. The van der Waals surface area contributed by atoms with Crippen molar-refractivity contribution < 1.29 is 13.9 Å². The fourth-order valence-corrected chi connectivity index (χ4v) is 3.83. The number of carbonyl (C=O) groups is 1. The number of morpholine rings is 1. The Bertz CT molecular complexity index is 942. The second kappa shape index (κ2) is 8.80. The Kier molecular flexibility index (Phi) is 5.97. The van der Waals surface area contributed by atoms with Crippen LogP contribution in [-0.4, -0.2) is 53.0 Å². The number of pyridine rings is 1. The molecule has 0 spiro atoms. The SMILES string of the molecule is CC(C)Cc1nc(C(=O)NCC(c2ccco2)N2CCOCC2)c2ccccn12. The minimum Gasteiger partial charge on any atom is -0.468 e. The molecule has 154 valence electrons. The Labute approximate surface area is 170 Å². The van der Waals surface area contributed by atoms with Gasteiger partial charge in [-0.25, -0.2) is 4.98 Å². The van der Waals surface area contributed by atoms with Crippen LogP contribution < -0.4 is 5.32 Å². The lowest BCUT2D eigenvalue weighted by molar-refractivity contribution is 0.0118. The van der Waals surface area contributed by atoms with Crippen LogP contribution in [0.25, 0.3) is 5.52 Å². The highest BCUT2D eigenvalue weighted by Crippen LogP contribution is 2.22. The number of rotatable bonds is 7. The molecule has 1 aliphatic rings. The predicted octanol–water partition coefficient (Wildman–Crippen LogP) is 2.93. The maximum absolute atomic E-state index is 13.1. The van der Waals surface area contributed by atoms with E-state index >= 15 is 0 Å². The summed E-state index contributed by atoms with van der Waals surface area (Å²) in [6.07, 6.45) is 4.46. The number of imidazole rings is 1. The Morgan fingerprint density at radius 1 is 1.21 bits per heavy atom. The van der Waals surface area contributed by atoms with Gasteiger partial charge in [-0.2, -0.15) is 0 Å². The molecule has 1 saturated heterocycles. The van der Waals surface area contributed by atoms with E-state index in [1.807, 2.05) is 40.9 Å². The average molecular weight is 396 g/mol. The van der Waals surface area contributed by atoms with Gasteiger partial charge in [0.2, 0.25) is 0 Å². The van der Waals surface area contributed by atoms with Crippen molar-refractivity contribution in [2.45, 2.75) is 26.3 Å². The summed E-state index contributed by atoms with van der Waals surface area (Å²) in [5.74, 6) is 2.06. The summed E-state index contributed by atoms with van der Waals surface area (Å²) in [5, 5.41) is 3.09. The first-order valence-corrected chi connectivity index (χ1v) is 10.2. The van der Waals surface area contributed by atoms with Crippen LogP contribution in [0.4, 0.5) is 0 Å². The Hall–Kier alpha value is -2.64. The first-order chi connectivity index (χ1) is 14.1. The van der Waals surface area contributed by atoms with E-state index in [0.717, 1.165) is 36.6 Å². The molecule has 1 N–H and O–H groups in total. The number of aromatic nitrogens is 2. The van der Waals surface area contributed by atoms with Gasteiger partial charge in [-0.15, -0.1) is 0 Å². The van der Waals surface area contributed by atoms with Crippen LogP contribution in [0.5, 0.6) is 0 Å².